The Morgan fingerprint density at radius 2 is 2.15 bits per heavy atom. The molecule has 0 saturated carbocycles. The molecule has 0 radical (unpaired) electrons. The number of pyridine rings is 1. The fourth-order valence-electron chi connectivity index (χ4n) is 3.25. The Balaban J connectivity index is 1.71. The normalized spacial score (nSPS) is 20.7. The molecule has 2 aromatic heterocycles. The molecule has 0 unspecified atom stereocenters. The van der Waals surface area contributed by atoms with Gasteiger partial charge in [0.25, 0.3) is 5.91 Å². The summed E-state index contributed by atoms with van der Waals surface area (Å²) in [7, 11) is 0. The molecular weight excluding hydrogens is 334 g/mol. The second kappa shape index (κ2) is 7.86. The first-order valence-corrected chi connectivity index (χ1v) is 9.02. The predicted octanol–water partition coefficient (Wildman–Crippen LogP) is 2.29. The number of carbonyl (C=O) groups is 1. The number of hydrogen-bond donors (Lipinski definition) is 1. The van der Waals surface area contributed by atoms with Crippen molar-refractivity contribution in [1.82, 2.24) is 15.0 Å². The number of hydrogen-bond acceptors (Lipinski definition) is 6. The van der Waals surface area contributed by atoms with Crippen LogP contribution < -0.4 is 4.74 Å². The van der Waals surface area contributed by atoms with Gasteiger partial charge in [-0.05, 0) is 38.8 Å². The molecule has 1 saturated heterocycles. The van der Waals surface area contributed by atoms with Crippen molar-refractivity contribution >= 4 is 5.91 Å². The molecular formula is C19H25N3O4. The summed E-state index contributed by atoms with van der Waals surface area (Å²) in [6, 6.07) is 3.65. The lowest BCUT2D eigenvalue weighted by atomic mass is 10.1. The van der Waals surface area contributed by atoms with Crippen molar-refractivity contribution < 1.29 is 19.2 Å². The van der Waals surface area contributed by atoms with Crippen LogP contribution in [0.25, 0.3) is 0 Å². The van der Waals surface area contributed by atoms with Gasteiger partial charge in [-0.15, -0.1) is 0 Å². The first-order valence-electron chi connectivity index (χ1n) is 9.02. The summed E-state index contributed by atoms with van der Waals surface area (Å²) >= 11 is 0. The van der Waals surface area contributed by atoms with E-state index in [0.717, 1.165) is 5.69 Å². The second-order valence-electron chi connectivity index (χ2n) is 6.59. The first-order chi connectivity index (χ1) is 12.5. The SMILES string of the molecule is CCc1noc(C)c1C(=O)N1CC[C@H](Oc2cccnc2C)[C@@H](O)CC1. The Hall–Kier alpha value is -2.41. The van der Waals surface area contributed by atoms with E-state index in [4.69, 9.17) is 9.26 Å². The molecule has 3 rings (SSSR count). The van der Waals surface area contributed by atoms with Gasteiger partial charge >= 0.3 is 0 Å². The lowest BCUT2D eigenvalue weighted by Crippen LogP contribution is -2.33. The number of aryl methyl sites for hydroxylation is 3. The van der Waals surface area contributed by atoms with E-state index in [0.29, 0.717) is 55.1 Å². The van der Waals surface area contributed by atoms with Gasteiger partial charge < -0.3 is 19.3 Å². The lowest BCUT2D eigenvalue weighted by Gasteiger charge is -2.22. The molecule has 0 aromatic carbocycles. The van der Waals surface area contributed by atoms with E-state index in [1.165, 1.54) is 0 Å². The summed E-state index contributed by atoms with van der Waals surface area (Å²) < 4.78 is 11.2. The van der Waals surface area contributed by atoms with Gasteiger partial charge in [-0.2, -0.15) is 0 Å². The molecule has 3 heterocycles. The Kier molecular flexibility index (Phi) is 5.56. The quantitative estimate of drug-likeness (QED) is 0.901. The molecule has 140 valence electrons. The van der Waals surface area contributed by atoms with Crippen LogP contribution in [0.15, 0.2) is 22.9 Å². The van der Waals surface area contributed by atoms with Crippen molar-refractivity contribution in [3.63, 3.8) is 0 Å². The predicted molar refractivity (Wildman–Crippen MR) is 95.2 cm³/mol. The van der Waals surface area contributed by atoms with Gasteiger partial charge in [-0.1, -0.05) is 12.1 Å². The summed E-state index contributed by atoms with van der Waals surface area (Å²) in [6.45, 7) is 6.55. The number of rotatable bonds is 4. The monoisotopic (exact) mass is 359 g/mol. The number of aliphatic hydroxyl groups excluding tert-OH is 1. The standard InChI is InChI=1S/C19H25N3O4/c1-4-14-18(13(3)26-21-14)19(24)22-10-7-15(23)17(8-11-22)25-16-6-5-9-20-12(16)2/h5-6,9,15,17,23H,4,7-8,10-11H2,1-3H3/t15-,17-/m0/s1. The third-order valence-corrected chi connectivity index (χ3v) is 4.81. The average Bonchev–Trinajstić information content (AvgIpc) is 2.91. The summed E-state index contributed by atoms with van der Waals surface area (Å²) in [5.74, 6) is 1.11. The maximum Gasteiger partial charge on any atom is 0.259 e. The Morgan fingerprint density at radius 3 is 2.88 bits per heavy atom. The van der Waals surface area contributed by atoms with Crippen LogP contribution in [0.5, 0.6) is 5.75 Å². The molecule has 0 aliphatic carbocycles. The maximum absolute atomic E-state index is 12.9. The fourth-order valence-corrected chi connectivity index (χ4v) is 3.25. The Labute approximate surface area is 153 Å². The number of aliphatic hydroxyl groups is 1. The van der Waals surface area contributed by atoms with Gasteiger partial charge in [-0.25, -0.2) is 0 Å². The third-order valence-electron chi connectivity index (χ3n) is 4.81. The van der Waals surface area contributed by atoms with E-state index in [1.807, 2.05) is 26.0 Å². The van der Waals surface area contributed by atoms with Crippen molar-refractivity contribution in [3.8, 4) is 5.75 Å². The van der Waals surface area contributed by atoms with E-state index in [-0.39, 0.29) is 12.0 Å². The molecule has 1 fully saturated rings. The Morgan fingerprint density at radius 1 is 1.38 bits per heavy atom. The van der Waals surface area contributed by atoms with Crippen molar-refractivity contribution in [2.24, 2.45) is 0 Å². The van der Waals surface area contributed by atoms with Gasteiger partial charge in [0.05, 0.1) is 17.5 Å². The maximum atomic E-state index is 12.9. The smallest absolute Gasteiger partial charge is 0.259 e. The molecule has 1 amide bonds. The fraction of sp³-hybridized carbons (Fsp3) is 0.526. The highest BCUT2D eigenvalue weighted by Gasteiger charge is 2.31. The molecule has 1 N–H and O–H groups in total. The minimum absolute atomic E-state index is 0.0917. The molecule has 26 heavy (non-hydrogen) atoms. The number of ether oxygens (including phenoxy) is 1. The number of carbonyl (C=O) groups excluding carboxylic acids is 1. The highest BCUT2D eigenvalue weighted by molar-refractivity contribution is 5.96. The van der Waals surface area contributed by atoms with Crippen LogP contribution in [-0.2, 0) is 6.42 Å². The Bertz CT molecular complexity index is 774. The summed E-state index contributed by atoms with van der Waals surface area (Å²) in [4.78, 5) is 18.9. The van der Waals surface area contributed by atoms with Gasteiger partial charge in [0.2, 0.25) is 0 Å². The zero-order chi connectivity index (χ0) is 18.7. The highest BCUT2D eigenvalue weighted by Crippen LogP contribution is 2.23. The van der Waals surface area contributed by atoms with Crippen LogP contribution in [0.1, 0.15) is 47.3 Å². The molecule has 1 aliphatic heterocycles. The zero-order valence-corrected chi connectivity index (χ0v) is 15.4. The number of likely N-dealkylation sites (tertiary alicyclic amines) is 1. The van der Waals surface area contributed by atoms with Gasteiger partial charge in [0.1, 0.15) is 23.2 Å². The van der Waals surface area contributed by atoms with Crippen molar-refractivity contribution in [1.29, 1.82) is 0 Å². The minimum atomic E-state index is -0.637. The van der Waals surface area contributed by atoms with Crippen LogP contribution in [0.3, 0.4) is 0 Å². The number of nitrogens with zero attached hydrogens (tertiary/aromatic N) is 3. The van der Waals surface area contributed by atoms with Crippen molar-refractivity contribution in [3.05, 3.63) is 41.0 Å². The van der Waals surface area contributed by atoms with E-state index in [9.17, 15) is 9.90 Å². The summed E-state index contributed by atoms with van der Waals surface area (Å²) in [6.07, 6.45) is 2.35. The first kappa shape index (κ1) is 18.4. The molecule has 7 nitrogen and oxygen atoms in total. The van der Waals surface area contributed by atoms with Crippen molar-refractivity contribution in [2.75, 3.05) is 13.1 Å². The molecule has 1 aliphatic rings. The highest BCUT2D eigenvalue weighted by atomic mass is 16.5. The molecule has 2 atom stereocenters. The van der Waals surface area contributed by atoms with Crippen LogP contribution in [0, 0.1) is 13.8 Å². The van der Waals surface area contributed by atoms with Crippen LogP contribution in [0.2, 0.25) is 0 Å². The molecule has 2 aromatic rings. The van der Waals surface area contributed by atoms with E-state index in [1.54, 1.807) is 18.0 Å². The van der Waals surface area contributed by atoms with Crippen molar-refractivity contribution in [2.45, 2.75) is 52.2 Å². The number of amides is 1. The lowest BCUT2D eigenvalue weighted by molar-refractivity contribution is 0.0343. The van der Waals surface area contributed by atoms with Crippen LogP contribution in [0.4, 0.5) is 0 Å². The van der Waals surface area contributed by atoms with E-state index >= 15 is 0 Å². The second-order valence-corrected chi connectivity index (χ2v) is 6.59. The van der Waals surface area contributed by atoms with Gasteiger partial charge in [0, 0.05) is 25.7 Å². The van der Waals surface area contributed by atoms with E-state index in [2.05, 4.69) is 10.1 Å². The zero-order valence-electron chi connectivity index (χ0n) is 15.4. The minimum Gasteiger partial charge on any atom is -0.486 e. The molecule has 0 bridgehead atoms. The number of aromatic nitrogens is 2. The third kappa shape index (κ3) is 3.72. The summed E-state index contributed by atoms with van der Waals surface area (Å²) in [5.41, 5.74) is 2.00. The largest absolute Gasteiger partial charge is 0.486 e. The van der Waals surface area contributed by atoms with Gasteiger partial charge in [-0.3, -0.25) is 9.78 Å². The topological polar surface area (TPSA) is 88.7 Å². The van der Waals surface area contributed by atoms with Crippen LogP contribution in [-0.4, -0.2) is 51.4 Å². The van der Waals surface area contributed by atoms with E-state index < -0.39 is 6.10 Å². The summed E-state index contributed by atoms with van der Waals surface area (Å²) in [5, 5.41) is 14.4. The molecule has 7 heteroatoms. The molecule has 0 spiro atoms. The average molecular weight is 359 g/mol. The van der Waals surface area contributed by atoms with Gasteiger partial charge in [0.15, 0.2) is 0 Å². The van der Waals surface area contributed by atoms with Crippen LogP contribution >= 0.6 is 0 Å².